The third-order valence-corrected chi connectivity index (χ3v) is 5.05. The summed E-state index contributed by atoms with van der Waals surface area (Å²) in [5, 5.41) is 12.4. The van der Waals surface area contributed by atoms with Crippen molar-refractivity contribution in [3.8, 4) is 6.07 Å². The van der Waals surface area contributed by atoms with Crippen molar-refractivity contribution in [2.75, 3.05) is 32.7 Å². The van der Waals surface area contributed by atoms with Crippen molar-refractivity contribution in [3.05, 3.63) is 0 Å². The first-order valence-electron chi connectivity index (χ1n) is 8.35. The van der Waals surface area contributed by atoms with Crippen LogP contribution in [0.4, 0.5) is 0 Å². The summed E-state index contributed by atoms with van der Waals surface area (Å²) in [6.45, 7) is 3.09. The van der Waals surface area contributed by atoms with Crippen molar-refractivity contribution in [1.29, 1.82) is 5.26 Å². The molecule has 0 atom stereocenters. The molecular formula is C16H24N4O2. The highest BCUT2D eigenvalue weighted by Gasteiger charge is 2.44. The summed E-state index contributed by atoms with van der Waals surface area (Å²) in [7, 11) is 0. The number of hydrogen-bond donors (Lipinski definition) is 1. The van der Waals surface area contributed by atoms with Gasteiger partial charge in [0.15, 0.2) is 0 Å². The van der Waals surface area contributed by atoms with Gasteiger partial charge in [-0.25, -0.2) is 0 Å². The van der Waals surface area contributed by atoms with Gasteiger partial charge < -0.3 is 10.2 Å². The van der Waals surface area contributed by atoms with E-state index in [2.05, 4.69) is 16.3 Å². The summed E-state index contributed by atoms with van der Waals surface area (Å²) < 4.78 is 0. The van der Waals surface area contributed by atoms with Crippen LogP contribution in [0.15, 0.2) is 0 Å². The fourth-order valence-corrected chi connectivity index (χ4v) is 3.47. The molecule has 1 N–H and O–H groups in total. The molecule has 2 amide bonds. The zero-order valence-electron chi connectivity index (χ0n) is 13.0. The first-order chi connectivity index (χ1) is 10.6. The first-order valence-corrected chi connectivity index (χ1v) is 8.35. The number of rotatable bonds is 4. The third kappa shape index (κ3) is 3.25. The van der Waals surface area contributed by atoms with E-state index in [4.69, 9.17) is 0 Å². The lowest BCUT2D eigenvalue weighted by atomic mass is 9.86. The number of nitrogens with one attached hydrogen (secondary N) is 1. The van der Waals surface area contributed by atoms with Gasteiger partial charge in [-0.15, -0.1) is 0 Å². The Hall–Kier alpha value is -1.61. The van der Waals surface area contributed by atoms with E-state index < -0.39 is 5.41 Å². The van der Waals surface area contributed by atoms with Crippen LogP contribution in [0.25, 0.3) is 0 Å². The number of hydrogen-bond acceptors (Lipinski definition) is 4. The third-order valence-electron chi connectivity index (χ3n) is 5.05. The number of nitrogens with zero attached hydrogens (tertiary/aromatic N) is 3. The molecule has 3 aliphatic rings. The second-order valence-corrected chi connectivity index (χ2v) is 6.81. The number of amides is 2. The average Bonchev–Trinajstić information content (AvgIpc) is 3.20. The van der Waals surface area contributed by atoms with Crippen LogP contribution in [0.2, 0.25) is 0 Å². The minimum atomic E-state index is -0.772. The fourth-order valence-electron chi connectivity index (χ4n) is 3.47. The normalized spacial score (nSPS) is 24.8. The van der Waals surface area contributed by atoms with Crippen LogP contribution in [0, 0.1) is 16.7 Å². The molecular weight excluding hydrogens is 280 g/mol. The molecule has 6 heteroatoms. The van der Waals surface area contributed by atoms with E-state index in [9.17, 15) is 14.9 Å². The SMILES string of the molecule is N#CC1(C(=O)N2CCN(CC(=O)NC3CC3)CC2)CCCC1. The zero-order valence-corrected chi connectivity index (χ0v) is 13.0. The summed E-state index contributed by atoms with van der Waals surface area (Å²) in [6, 6.07) is 2.67. The molecule has 22 heavy (non-hydrogen) atoms. The topological polar surface area (TPSA) is 76.4 Å². The smallest absolute Gasteiger partial charge is 0.243 e. The van der Waals surface area contributed by atoms with Crippen LogP contribution in [0.3, 0.4) is 0 Å². The predicted octanol–water partition coefficient (Wildman–Crippen LogP) is 0.493. The van der Waals surface area contributed by atoms with Crippen molar-refractivity contribution in [3.63, 3.8) is 0 Å². The summed E-state index contributed by atoms with van der Waals surface area (Å²) >= 11 is 0. The summed E-state index contributed by atoms with van der Waals surface area (Å²) in [6.07, 6.45) is 5.55. The molecule has 0 unspecified atom stereocenters. The maximum Gasteiger partial charge on any atom is 0.243 e. The van der Waals surface area contributed by atoms with Gasteiger partial charge in [0.05, 0.1) is 12.6 Å². The molecule has 6 nitrogen and oxygen atoms in total. The van der Waals surface area contributed by atoms with Gasteiger partial charge in [0.2, 0.25) is 11.8 Å². The Morgan fingerprint density at radius 1 is 1.14 bits per heavy atom. The standard InChI is InChI=1S/C16H24N4O2/c17-12-16(5-1-2-6-16)15(22)20-9-7-19(8-10-20)11-14(21)18-13-3-4-13/h13H,1-11H2,(H,18,21). The van der Waals surface area contributed by atoms with Crippen LogP contribution in [0.1, 0.15) is 38.5 Å². The maximum absolute atomic E-state index is 12.6. The molecule has 0 bridgehead atoms. The highest BCUT2D eigenvalue weighted by atomic mass is 16.2. The molecule has 3 rings (SSSR count). The van der Waals surface area contributed by atoms with E-state index in [1.807, 2.05) is 4.90 Å². The molecule has 3 fully saturated rings. The van der Waals surface area contributed by atoms with E-state index in [0.29, 0.717) is 51.6 Å². The van der Waals surface area contributed by atoms with Crippen LogP contribution >= 0.6 is 0 Å². The van der Waals surface area contributed by atoms with E-state index in [-0.39, 0.29) is 11.8 Å². The molecule has 1 heterocycles. The Bertz CT molecular complexity index is 481. The number of carbonyl (C=O) groups is 2. The van der Waals surface area contributed by atoms with Crippen molar-refractivity contribution >= 4 is 11.8 Å². The fraction of sp³-hybridized carbons (Fsp3) is 0.812. The lowest BCUT2D eigenvalue weighted by Crippen LogP contribution is -2.54. The Labute approximate surface area is 131 Å². The van der Waals surface area contributed by atoms with Gasteiger partial charge >= 0.3 is 0 Å². The summed E-state index contributed by atoms with van der Waals surface area (Å²) in [4.78, 5) is 28.4. The van der Waals surface area contributed by atoms with Gasteiger partial charge in [-0.1, -0.05) is 12.8 Å². The van der Waals surface area contributed by atoms with Crippen LogP contribution in [-0.2, 0) is 9.59 Å². The quantitative estimate of drug-likeness (QED) is 0.820. The summed E-state index contributed by atoms with van der Waals surface area (Å²) in [5.41, 5.74) is -0.772. The average molecular weight is 304 g/mol. The van der Waals surface area contributed by atoms with Crippen molar-refractivity contribution in [2.45, 2.75) is 44.6 Å². The minimum absolute atomic E-state index is 0.00887. The molecule has 0 radical (unpaired) electrons. The number of carbonyl (C=O) groups excluding carboxylic acids is 2. The van der Waals surface area contributed by atoms with E-state index in [0.717, 1.165) is 25.7 Å². The Balaban J connectivity index is 1.47. The van der Waals surface area contributed by atoms with Crippen molar-refractivity contribution < 1.29 is 9.59 Å². The summed E-state index contributed by atoms with van der Waals surface area (Å²) in [5.74, 6) is 0.0983. The number of piperazine rings is 1. The molecule has 1 aliphatic heterocycles. The first kappa shape index (κ1) is 15.3. The highest BCUT2D eigenvalue weighted by molar-refractivity contribution is 5.86. The van der Waals surface area contributed by atoms with Crippen molar-refractivity contribution in [1.82, 2.24) is 15.1 Å². The molecule has 0 aromatic carbocycles. The van der Waals surface area contributed by atoms with Crippen LogP contribution in [0.5, 0.6) is 0 Å². The van der Waals surface area contributed by atoms with Gasteiger partial charge in [0, 0.05) is 32.2 Å². The Morgan fingerprint density at radius 3 is 2.32 bits per heavy atom. The second kappa shape index (κ2) is 6.25. The van der Waals surface area contributed by atoms with Gasteiger partial charge in [0.1, 0.15) is 5.41 Å². The molecule has 0 aromatic heterocycles. The van der Waals surface area contributed by atoms with Gasteiger partial charge in [-0.05, 0) is 25.7 Å². The molecule has 0 spiro atoms. The van der Waals surface area contributed by atoms with Gasteiger partial charge in [0.25, 0.3) is 0 Å². The van der Waals surface area contributed by atoms with Gasteiger partial charge in [-0.3, -0.25) is 14.5 Å². The molecule has 0 aromatic rings. The minimum Gasteiger partial charge on any atom is -0.352 e. The molecule has 120 valence electrons. The Kier molecular flexibility index (Phi) is 4.34. The zero-order chi connectivity index (χ0) is 15.6. The maximum atomic E-state index is 12.6. The van der Waals surface area contributed by atoms with E-state index in [1.54, 1.807) is 0 Å². The second-order valence-electron chi connectivity index (χ2n) is 6.81. The lowest BCUT2D eigenvalue weighted by molar-refractivity contribution is -0.140. The Morgan fingerprint density at radius 2 is 1.77 bits per heavy atom. The highest BCUT2D eigenvalue weighted by Crippen LogP contribution is 2.39. The molecule has 1 saturated heterocycles. The van der Waals surface area contributed by atoms with Crippen LogP contribution in [-0.4, -0.2) is 60.4 Å². The monoisotopic (exact) mass is 304 g/mol. The number of nitriles is 1. The van der Waals surface area contributed by atoms with Crippen LogP contribution < -0.4 is 5.32 Å². The van der Waals surface area contributed by atoms with E-state index >= 15 is 0 Å². The largest absolute Gasteiger partial charge is 0.352 e. The molecule has 2 aliphatic carbocycles. The molecule has 2 saturated carbocycles. The van der Waals surface area contributed by atoms with Crippen molar-refractivity contribution in [2.24, 2.45) is 5.41 Å². The lowest BCUT2D eigenvalue weighted by Gasteiger charge is -2.37. The van der Waals surface area contributed by atoms with E-state index in [1.165, 1.54) is 0 Å². The predicted molar refractivity (Wildman–Crippen MR) is 80.7 cm³/mol. The van der Waals surface area contributed by atoms with Gasteiger partial charge in [-0.2, -0.15) is 5.26 Å².